The highest BCUT2D eigenvalue weighted by molar-refractivity contribution is 14.1. The third-order valence-corrected chi connectivity index (χ3v) is 7.71. The van der Waals surface area contributed by atoms with Crippen molar-refractivity contribution in [2.45, 2.75) is 64.8 Å². The fourth-order valence-electron chi connectivity index (χ4n) is 5.21. The maximum Gasteiger partial charge on any atom is 0.275 e. The van der Waals surface area contributed by atoms with Crippen LogP contribution in [0.2, 0.25) is 0 Å². The lowest BCUT2D eigenvalue weighted by atomic mass is 9.70. The van der Waals surface area contributed by atoms with Crippen LogP contribution in [0, 0.1) is 14.8 Å². The van der Waals surface area contributed by atoms with Crippen molar-refractivity contribution < 1.29 is 4.39 Å². The van der Waals surface area contributed by atoms with E-state index in [-0.39, 0.29) is 22.2 Å². The van der Waals surface area contributed by atoms with E-state index in [1.54, 1.807) is 10.7 Å². The third-order valence-electron chi connectivity index (χ3n) is 6.85. The van der Waals surface area contributed by atoms with Crippen molar-refractivity contribution in [2.75, 3.05) is 0 Å². The molecule has 0 saturated heterocycles. The Bertz CT molecular complexity index is 927. The molecule has 134 valence electrons. The zero-order valence-electron chi connectivity index (χ0n) is 15.2. The van der Waals surface area contributed by atoms with Crippen LogP contribution in [0.3, 0.4) is 0 Å². The van der Waals surface area contributed by atoms with Crippen molar-refractivity contribution in [1.82, 2.24) is 9.36 Å². The normalized spacial score (nSPS) is 26.2. The Morgan fingerprint density at radius 2 is 2.04 bits per heavy atom. The van der Waals surface area contributed by atoms with Crippen molar-refractivity contribution in [3.8, 4) is 5.69 Å². The summed E-state index contributed by atoms with van der Waals surface area (Å²) in [5, 5.41) is 0. The molecule has 1 heterocycles. The van der Waals surface area contributed by atoms with Gasteiger partial charge in [-0.2, -0.15) is 0 Å². The standard InChI is InChI=1S/C20H24FIN2O/c1-5-10-23-17-16(13-8-9-20(17,4)19(13,2)3)18(25)24(23)15-7-6-12(21)11-14(15)22/h6-7,11,13H,5,8-10H2,1-4H3/t13?,20-/m1/s1. The van der Waals surface area contributed by atoms with Crippen LogP contribution in [0.5, 0.6) is 0 Å². The number of hydrogen-bond donors (Lipinski definition) is 0. The van der Waals surface area contributed by atoms with Gasteiger partial charge in [0.15, 0.2) is 0 Å². The minimum Gasteiger partial charge on any atom is -0.281 e. The summed E-state index contributed by atoms with van der Waals surface area (Å²) >= 11 is 2.13. The largest absolute Gasteiger partial charge is 0.281 e. The molecule has 1 unspecified atom stereocenters. The van der Waals surface area contributed by atoms with E-state index in [0.29, 0.717) is 5.92 Å². The van der Waals surface area contributed by atoms with Crippen LogP contribution in [0.1, 0.15) is 64.1 Å². The zero-order chi connectivity index (χ0) is 18.1. The topological polar surface area (TPSA) is 26.9 Å². The quantitative estimate of drug-likeness (QED) is 0.602. The first kappa shape index (κ1) is 17.3. The molecule has 0 spiro atoms. The van der Waals surface area contributed by atoms with Crippen molar-refractivity contribution in [3.63, 3.8) is 0 Å². The first-order chi connectivity index (χ1) is 11.7. The minimum atomic E-state index is -0.268. The fraction of sp³-hybridized carbons (Fsp3) is 0.550. The van der Waals surface area contributed by atoms with Gasteiger partial charge in [0.25, 0.3) is 5.56 Å². The Labute approximate surface area is 161 Å². The molecule has 0 radical (unpaired) electrons. The molecule has 2 bridgehead atoms. The average Bonchev–Trinajstić information content (AvgIpc) is 3.01. The van der Waals surface area contributed by atoms with E-state index >= 15 is 0 Å². The second kappa shape index (κ2) is 5.44. The molecule has 3 nitrogen and oxygen atoms in total. The second-order valence-electron chi connectivity index (χ2n) is 8.24. The molecule has 2 aliphatic rings. The summed E-state index contributed by atoms with van der Waals surface area (Å²) in [5.74, 6) is 0.0537. The molecule has 25 heavy (non-hydrogen) atoms. The number of aromatic nitrogens is 2. The van der Waals surface area contributed by atoms with Gasteiger partial charge in [0.2, 0.25) is 0 Å². The van der Waals surface area contributed by atoms with Gasteiger partial charge >= 0.3 is 0 Å². The van der Waals surface area contributed by atoms with Crippen LogP contribution in [0.25, 0.3) is 5.69 Å². The molecule has 2 atom stereocenters. The van der Waals surface area contributed by atoms with E-state index in [1.807, 2.05) is 0 Å². The molecule has 5 heteroatoms. The number of benzene rings is 1. The first-order valence-electron chi connectivity index (χ1n) is 9.05. The maximum atomic E-state index is 13.6. The Kier molecular flexibility index (Phi) is 3.77. The minimum absolute atomic E-state index is 0.0258. The number of hydrogen-bond acceptors (Lipinski definition) is 1. The molecular formula is C20H24FIN2O. The highest BCUT2D eigenvalue weighted by Gasteiger charge is 2.62. The summed E-state index contributed by atoms with van der Waals surface area (Å²) in [6, 6.07) is 4.67. The Morgan fingerprint density at radius 3 is 2.68 bits per heavy atom. The van der Waals surface area contributed by atoms with E-state index in [2.05, 4.69) is 55.0 Å². The SMILES string of the molecule is CCCn1c2c(c(=O)n1-c1ccc(F)cc1I)C1CC[C@@]2(C)C1(C)C. The van der Waals surface area contributed by atoms with Gasteiger partial charge in [-0.15, -0.1) is 0 Å². The van der Waals surface area contributed by atoms with E-state index in [4.69, 9.17) is 0 Å². The van der Waals surface area contributed by atoms with Crippen LogP contribution in [-0.4, -0.2) is 9.36 Å². The first-order valence-corrected chi connectivity index (χ1v) is 10.1. The van der Waals surface area contributed by atoms with Gasteiger partial charge in [-0.05, 0) is 71.4 Å². The average molecular weight is 454 g/mol. The van der Waals surface area contributed by atoms with Gasteiger partial charge < -0.3 is 0 Å². The molecule has 0 amide bonds. The van der Waals surface area contributed by atoms with Gasteiger partial charge in [0, 0.05) is 21.1 Å². The number of nitrogens with zero attached hydrogens (tertiary/aromatic N) is 2. The molecule has 1 saturated carbocycles. The van der Waals surface area contributed by atoms with Crippen molar-refractivity contribution in [2.24, 2.45) is 5.41 Å². The Hall–Kier alpha value is -1.11. The van der Waals surface area contributed by atoms with E-state index in [0.717, 1.165) is 40.6 Å². The predicted octanol–water partition coefficient (Wildman–Crippen LogP) is 4.97. The van der Waals surface area contributed by atoms with Crippen LogP contribution in [0.15, 0.2) is 23.0 Å². The lowest BCUT2D eigenvalue weighted by Crippen LogP contribution is -2.36. The molecular weight excluding hydrogens is 430 g/mol. The third kappa shape index (κ3) is 2.04. The Balaban J connectivity index is 2.05. The molecule has 1 fully saturated rings. The maximum absolute atomic E-state index is 13.6. The highest BCUT2D eigenvalue weighted by Crippen LogP contribution is 2.67. The summed E-state index contributed by atoms with van der Waals surface area (Å²) in [7, 11) is 0. The van der Waals surface area contributed by atoms with Gasteiger partial charge in [0.05, 0.1) is 11.4 Å². The molecule has 1 aromatic heterocycles. The van der Waals surface area contributed by atoms with Crippen molar-refractivity contribution in [3.05, 3.63) is 49.2 Å². The van der Waals surface area contributed by atoms with Crippen molar-refractivity contribution in [1.29, 1.82) is 0 Å². The number of rotatable bonds is 3. The van der Waals surface area contributed by atoms with E-state index in [9.17, 15) is 9.18 Å². The number of fused-ring (bicyclic) bond motifs is 5. The zero-order valence-corrected chi connectivity index (χ0v) is 17.4. The molecule has 2 aromatic rings. The van der Waals surface area contributed by atoms with Crippen LogP contribution in [0.4, 0.5) is 4.39 Å². The van der Waals surface area contributed by atoms with Crippen LogP contribution < -0.4 is 5.56 Å². The molecule has 4 rings (SSSR count). The fourth-order valence-corrected chi connectivity index (χ4v) is 5.91. The number of halogens is 2. The lowest BCUT2D eigenvalue weighted by Gasteiger charge is -2.36. The summed E-state index contributed by atoms with van der Waals surface area (Å²) < 4.78 is 18.3. The van der Waals surface area contributed by atoms with Gasteiger partial charge in [0.1, 0.15) is 5.82 Å². The van der Waals surface area contributed by atoms with E-state index in [1.165, 1.54) is 17.8 Å². The van der Waals surface area contributed by atoms with Crippen molar-refractivity contribution >= 4 is 22.6 Å². The van der Waals surface area contributed by atoms with Gasteiger partial charge in [-0.1, -0.05) is 27.7 Å². The molecule has 0 aliphatic heterocycles. The van der Waals surface area contributed by atoms with E-state index < -0.39 is 0 Å². The van der Waals surface area contributed by atoms with Crippen LogP contribution in [-0.2, 0) is 12.0 Å². The summed E-state index contributed by atoms with van der Waals surface area (Å²) in [6.45, 7) is 9.89. The summed E-state index contributed by atoms with van der Waals surface area (Å²) in [4.78, 5) is 13.5. The summed E-state index contributed by atoms with van der Waals surface area (Å²) in [6.07, 6.45) is 3.17. The predicted molar refractivity (Wildman–Crippen MR) is 106 cm³/mol. The van der Waals surface area contributed by atoms with Crippen LogP contribution >= 0.6 is 22.6 Å². The highest BCUT2D eigenvalue weighted by atomic mass is 127. The molecule has 2 aliphatic carbocycles. The molecule has 0 N–H and O–H groups in total. The van der Waals surface area contributed by atoms with Gasteiger partial charge in [-0.25, -0.2) is 9.07 Å². The molecule has 1 aromatic carbocycles. The Morgan fingerprint density at radius 1 is 1.32 bits per heavy atom. The second-order valence-corrected chi connectivity index (χ2v) is 9.41. The lowest BCUT2D eigenvalue weighted by molar-refractivity contribution is 0.215. The summed E-state index contributed by atoms with van der Waals surface area (Å²) in [5.41, 5.74) is 3.25. The monoisotopic (exact) mass is 454 g/mol. The smallest absolute Gasteiger partial charge is 0.275 e. The van der Waals surface area contributed by atoms with Gasteiger partial charge in [-0.3, -0.25) is 9.48 Å².